The van der Waals surface area contributed by atoms with Gasteiger partial charge in [0, 0.05) is 19.6 Å². The summed E-state index contributed by atoms with van der Waals surface area (Å²) in [7, 11) is 0. The van der Waals surface area contributed by atoms with Crippen LogP contribution in [0.15, 0.2) is 23.0 Å². The smallest absolute Gasteiger partial charge is 0.270 e. The number of benzene rings is 1. The highest BCUT2D eigenvalue weighted by Crippen LogP contribution is 2.13. The van der Waals surface area contributed by atoms with Crippen LogP contribution < -0.4 is 16.2 Å². The van der Waals surface area contributed by atoms with Crippen LogP contribution in [0.3, 0.4) is 0 Å². The highest BCUT2D eigenvalue weighted by atomic mass is 19.1. The van der Waals surface area contributed by atoms with E-state index in [1.807, 2.05) is 0 Å². The van der Waals surface area contributed by atoms with Gasteiger partial charge in [-0.15, -0.1) is 0 Å². The van der Waals surface area contributed by atoms with E-state index in [0.29, 0.717) is 24.6 Å². The van der Waals surface area contributed by atoms with E-state index in [4.69, 9.17) is 0 Å². The number of nitrogens with zero attached hydrogens (tertiary/aromatic N) is 2. The second-order valence-corrected chi connectivity index (χ2v) is 5.57. The zero-order chi connectivity index (χ0) is 17.3. The summed E-state index contributed by atoms with van der Waals surface area (Å²) >= 11 is 0. The van der Waals surface area contributed by atoms with Crippen LogP contribution in [0.5, 0.6) is 0 Å². The summed E-state index contributed by atoms with van der Waals surface area (Å²) in [6.45, 7) is 2.24. The van der Waals surface area contributed by atoms with Crippen molar-refractivity contribution >= 4 is 11.9 Å². The third-order valence-electron chi connectivity index (χ3n) is 3.93. The highest BCUT2D eigenvalue weighted by molar-refractivity contribution is 5.93. The average Bonchev–Trinajstić information content (AvgIpc) is 3.04. The molecule has 0 saturated carbocycles. The molecule has 1 aromatic heterocycles. The fraction of sp³-hybridized carbons (Fsp3) is 0.312. The molecule has 0 unspecified atom stereocenters. The molecule has 0 aliphatic carbocycles. The number of anilines is 1. The van der Waals surface area contributed by atoms with Crippen LogP contribution in [0.25, 0.3) is 0 Å². The molecular weight excluding hydrogens is 315 g/mol. The number of carbonyl (C=O) groups excluding carboxylic acids is 1. The van der Waals surface area contributed by atoms with E-state index in [1.165, 1.54) is 10.6 Å². The zero-order valence-corrected chi connectivity index (χ0v) is 13.1. The van der Waals surface area contributed by atoms with Crippen molar-refractivity contribution in [2.24, 2.45) is 0 Å². The minimum Gasteiger partial charge on any atom is -0.391 e. The number of rotatable bonds is 4. The van der Waals surface area contributed by atoms with Crippen LogP contribution in [-0.4, -0.2) is 27.1 Å². The third kappa shape index (κ3) is 2.88. The van der Waals surface area contributed by atoms with E-state index >= 15 is 0 Å². The SMILES string of the molecule is Cc1cc(CNC(=O)c2nc3n(c(=O)c2CO)CCN3)ccc1F. The molecule has 3 N–H and O–H groups in total. The Morgan fingerprint density at radius 2 is 2.29 bits per heavy atom. The number of aliphatic hydroxyl groups is 1. The lowest BCUT2D eigenvalue weighted by atomic mass is 10.1. The van der Waals surface area contributed by atoms with Crippen LogP contribution in [-0.2, 0) is 19.7 Å². The van der Waals surface area contributed by atoms with Crippen molar-refractivity contribution in [3.63, 3.8) is 0 Å². The Labute approximate surface area is 137 Å². The molecule has 0 bridgehead atoms. The lowest BCUT2D eigenvalue weighted by molar-refractivity contribution is 0.0942. The van der Waals surface area contributed by atoms with Crippen LogP contribution in [0.4, 0.5) is 10.3 Å². The summed E-state index contributed by atoms with van der Waals surface area (Å²) in [5, 5.41) is 15.0. The molecular formula is C16H17FN4O3. The standard InChI is InChI=1S/C16H17FN4O3/c1-9-6-10(2-3-12(9)17)7-19-14(23)13-11(8-22)15(24)21-5-4-18-16(21)20-13/h2-3,6,22H,4-5,7-8H2,1H3,(H,18,20)(H,19,23). The van der Waals surface area contributed by atoms with Gasteiger partial charge in [-0.3, -0.25) is 14.2 Å². The summed E-state index contributed by atoms with van der Waals surface area (Å²) in [4.78, 5) is 28.8. The number of amides is 1. The fourth-order valence-electron chi connectivity index (χ4n) is 2.63. The molecule has 1 aliphatic rings. The lowest BCUT2D eigenvalue weighted by Crippen LogP contribution is -2.32. The van der Waals surface area contributed by atoms with Crippen molar-refractivity contribution in [3.05, 3.63) is 56.8 Å². The lowest BCUT2D eigenvalue weighted by Gasteiger charge is -2.11. The number of halogens is 1. The number of nitrogens with one attached hydrogen (secondary N) is 2. The number of hydrogen-bond donors (Lipinski definition) is 3. The summed E-state index contributed by atoms with van der Waals surface area (Å²) in [5.74, 6) is -0.553. The second-order valence-electron chi connectivity index (χ2n) is 5.57. The molecule has 8 heteroatoms. The van der Waals surface area contributed by atoms with Crippen molar-refractivity contribution in [2.75, 3.05) is 11.9 Å². The van der Waals surface area contributed by atoms with Gasteiger partial charge in [0.2, 0.25) is 5.95 Å². The third-order valence-corrected chi connectivity index (χ3v) is 3.93. The Morgan fingerprint density at radius 3 is 3.00 bits per heavy atom. The minimum atomic E-state index is -0.565. The largest absolute Gasteiger partial charge is 0.391 e. The number of aliphatic hydroxyl groups excluding tert-OH is 1. The second kappa shape index (κ2) is 6.40. The van der Waals surface area contributed by atoms with E-state index in [-0.39, 0.29) is 23.6 Å². The van der Waals surface area contributed by atoms with E-state index in [0.717, 1.165) is 5.56 Å². The van der Waals surface area contributed by atoms with Gasteiger partial charge in [0.1, 0.15) is 11.5 Å². The first kappa shape index (κ1) is 16.1. The maximum absolute atomic E-state index is 13.3. The molecule has 1 aliphatic heterocycles. The molecule has 7 nitrogen and oxygen atoms in total. The summed E-state index contributed by atoms with van der Waals surface area (Å²) in [6, 6.07) is 4.54. The van der Waals surface area contributed by atoms with Gasteiger partial charge in [0.15, 0.2) is 0 Å². The molecule has 24 heavy (non-hydrogen) atoms. The Hall–Kier alpha value is -2.74. The molecule has 0 atom stereocenters. The molecule has 0 fully saturated rings. The predicted octanol–water partition coefficient (Wildman–Crippen LogP) is 0.539. The quantitative estimate of drug-likeness (QED) is 0.759. The molecule has 0 radical (unpaired) electrons. The summed E-state index contributed by atoms with van der Waals surface area (Å²) < 4.78 is 14.7. The van der Waals surface area contributed by atoms with Crippen molar-refractivity contribution in [2.45, 2.75) is 26.6 Å². The van der Waals surface area contributed by atoms with Crippen LogP contribution in [0, 0.1) is 12.7 Å². The van der Waals surface area contributed by atoms with E-state index in [1.54, 1.807) is 19.1 Å². The Kier molecular flexibility index (Phi) is 4.30. The van der Waals surface area contributed by atoms with Gasteiger partial charge in [-0.2, -0.15) is 0 Å². The molecule has 3 rings (SSSR count). The topological polar surface area (TPSA) is 96.2 Å². The van der Waals surface area contributed by atoms with E-state index in [2.05, 4.69) is 15.6 Å². The number of fused-ring (bicyclic) bond motifs is 1. The van der Waals surface area contributed by atoms with Gasteiger partial charge in [0.25, 0.3) is 11.5 Å². The first-order chi connectivity index (χ1) is 11.5. The predicted molar refractivity (Wildman–Crippen MR) is 85.2 cm³/mol. The van der Waals surface area contributed by atoms with E-state index < -0.39 is 18.1 Å². The first-order valence-corrected chi connectivity index (χ1v) is 7.53. The van der Waals surface area contributed by atoms with Gasteiger partial charge in [-0.05, 0) is 24.1 Å². The number of aryl methyl sites for hydroxylation is 1. The van der Waals surface area contributed by atoms with Crippen LogP contribution in [0.1, 0.15) is 27.2 Å². The molecule has 1 aromatic carbocycles. The van der Waals surface area contributed by atoms with Gasteiger partial charge >= 0.3 is 0 Å². The maximum Gasteiger partial charge on any atom is 0.270 e. The molecule has 2 heterocycles. The fourth-order valence-corrected chi connectivity index (χ4v) is 2.63. The average molecular weight is 332 g/mol. The van der Waals surface area contributed by atoms with Crippen molar-refractivity contribution in [1.82, 2.24) is 14.9 Å². The number of hydrogen-bond acceptors (Lipinski definition) is 5. The summed E-state index contributed by atoms with van der Waals surface area (Å²) in [6.07, 6.45) is 0. The molecule has 1 amide bonds. The first-order valence-electron chi connectivity index (χ1n) is 7.53. The van der Waals surface area contributed by atoms with Gasteiger partial charge < -0.3 is 15.7 Å². The normalized spacial score (nSPS) is 12.6. The molecule has 0 spiro atoms. The Morgan fingerprint density at radius 1 is 1.50 bits per heavy atom. The maximum atomic E-state index is 13.3. The number of carbonyl (C=O) groups is 1. The van der Waals surface area contributed by atoms with Crippen LogP contribution >= 0.6 is 0 Å². The zero-order valence-electron chi connectivity index (χ0n) is 13.1. The van der Waals surface area contributed by atoms with Crippen molar-refractivity contribution in [3.8, 4) is 0 Å². The Balaban J connectivity index is 1.83. The van der Waals surface area contributed by atoms with Crippen molar-refractivity contribution in [1.29, 1.82) is 0 Å². The van der Waals surface area contributed by atoms with Gasteiger partial charge in [0.05, 0.1) is 12.2 Å². The highest BCUT2D eigenvalue weighted by Gasteiger charge is 2.23. The molecule has 0 saturated heterocycles. The number of aromatic nitrogens is 2. The molecule has 126 valence electrons. The Bertz CT molecular complexity index is 863. The van der Waals surface area contributed by atoms with Crippen LogP contribution in [0.2, 0.25) is 0 Å². The van der Waals surface area contributed by atoms with Crippen molar-refractivity contribution < 1.29 is 14.3 Å². The monoisotopic (exact) mass is 332 g/mol. The summed E-state index contributed by atoms with van der Waals surface area (Å²) in [5.41, 5.74) is 0.659. The van der Waals surface area contributed by atoms with E-state index in [9.17, 15) is 19.1 Å². The molecule has 2 aromatic rings. The van der Waals surface area contributed by atoms with Gasteiger partial charge in [-0.1, -0.05) is 12.1 Å². The van der Waals surface area contributed by atoms with Gasteiger partial charge in [-0.25, -0.2) is 9.37 Å². The minimum absolute atomic E-state index is 0.0322.